The highest BCUT2D eigenvalue weighted by Crippen LogP contribution is 2.24. The molecule has 0 bridgehead atoms. The van der Waals surface area contributed by atoms with Gasteiger partial charge in [0.25, 0.3) is 0 Å². The number of carbonyl (C=O) groups excluding carboxylic acids is 1. The number of carbonyl (C=O) groups is 1. The van der Waals surface area contributed by atoms with Gasteiger partial charge in [0.1, 0.15) is 11.3 Å². The zero-order chi connectivity index (χ0) is 23.4. The number of para-hydroxylation sites is 1. The lowest BCUT2D eigenvalue weighted by molar-refractivity contribution is -0.274. The lowest BCUT2D eigenvalue weighted by Crippen LogP contribution is -2.44. The number of hydrogen-bond acceptors (Lipinski definition) is 7. The van der Waals surface area contributed by atoms with Crippen LogP contribution in [0.25, 0.3) is 22.1 Å². The number of hydrazine groups is 1. The Balaban J connectivity index is 1.24. The van der Waals surface area contributed by atoms with Gasteiger partial charge in [0.15, 0.2) is 10.8 Å². The van der Waals surface area contributed by atoms with Gasteiger partial charge in [-0.1, -0.05) is 30.0 Å². The molecule has 4 aromatic rings. The molecule has 0 aliphatic carbocycles. The Bertz CT molecular complexity index is 1310. The van der Waals surface area contributed by atoms with Crippen LogP contribution in [-0.4, -0.2) is 43.3 Å². The van der Waals surface area contributed by atoms with Crippen LogP contribution < -0.4 is 20.9 Å². The third-order valence-corrected chi connectivity index (χ3v) is 5.14. The number of amides is 1. The molecule has 170 valence electrons. The van der Waals surface area contributed by atoms with Gasteiger partial charge in [-0.3, -0.25) is 15.6 Å². The highest BCUT2D eigenvalue weighted by Gasteiger charge is 2.30. The number of rotatable bonds is 5. The zero-order valence-electron chi connectivity index (χ0n) is 16.4. The molecule has 0 fully saturated rings. The van der Waals surface area contributed by atoms with Crippen molar-refractivity contribution in [2.24, 2.45) is 0 Å². The molecule has 0 radical (unpaired) electrons. The molecule has 1 amide bonds. The Morgan fingerprint density at radius 1 is 1.09 bits per heavy atom. The van der Waals surface area contributed by atoms with Crippen LogP contribution in [0, 0.1) is 0 Å². The van der Waals surface area contributed by atoms with Gasteiger partial charge in [-0.15, -0.1) is 23.4 Å². The summed E-state index contributed by atoms with van der Waals surface area (Å²) in [5, 5.41) is 12.2. The van der Waals surface area contributed by atoms with E-state index in [0.717, 1.165) is 34.8 Å². The number of thioether (sulfide) groups is 1. The quantitative estimate of drug-likeness (QED) is 0.188. The van der Waals surface area contributed by atoms with Gasteiger partial charge in [-0.05, 0) is 42.5 Å². The maximum absolute atomic E-state index is 12.2. The first-order valence-corrected chi connectivity index (χ1v) is 10.6. The summed E-state index contributed by atoms with van der Waals surface area (Å²) >= 11 is 6.13. The fourth-order valence-corrected chi connectivity index (χ4v) is 3.52. The molecule has 0 spiro atoms. The number of nitrogens with zero attached hydrogens (tertiary/aromatic N) is 3. The molecule has 2 aromatic heterocycles. The molecular formula is C19H14F3N7O2S2. The standard InChI is InChI=1S/C19H14F3N7O2S2/c20-19(21,22)31-11-7-5-10(6-8-11)23-17(32)28-26-14(30)9-33-18-25-16-15(27-29-18)12-3-1-2-4-13(12)24-16/h1-8H,9H2,(H,26,30)(H2,23,28,32)(H,24,25,29). The predicted molar refractivity (Wildman–Crippen MR) is 121 cm³/mol. The third kappa shape index (κ3) is 5.98. The highest BCUT2D eigenvalue weighted by molar-refractivity contribution is 7.99. The monoisotopic (exact) mass is 493 g/mol. The maximum atomic E-state index is 12.2. The SMILES string of the molecule is O=C(CSc1nnc2c(n1)[nH]c1ccccc12)NNC(=S)Nc1ccc(OC(F)(F)F)cc1. The fraction of sp³-hybridized carbons (Fsp3) is 0.105. The van der Waals surface area contributed by atoms with E-state index >= 15 is 0 Å². The first kappa shape index (κ1) is 22.5. The van der Waals surface area contributed by atoms with Crippen molar-refractivity contribution >= 4 is 62.8 Å². The molecule has 2 aromatic carbocycles. The van der Waals surface area contributed by atoms with Gasteiger partial charge < -0.3 is 15.0 Å². The van der Waals surface area contributed by atoms with Crippen molar-refractivity contribution in [3.8, 4) is 5.75 Å². The number of hydrogen-bond donors (Lipinski definition) is 4. The second-order valence-electron chi connectivity index (χ2n) is 6.45. The van der Waals surface area contributed by atoms with Gasteiger partial charge in [-0.25, -0.2) is 4.98 Å². The minimum absolute atomic E-state index is 0.00743. The summed E-state index contributed by atoms with van der Waals surface area (Å²) in [5.41, 5.74) is 7.42. The zero-order valence-corrected chi connectivity index (χ0v) is 18.1. The number of aromatic nitrogens is 4. The third-order valence-electron chi connectivity index (χ3n) is 4.10. The van der Waals surface area contributed by atoms with Crippen LogP contribution in [0.5, 0.6) is 5.75 Å². The van der Waals surface area contributed by atoms with Crippen LogP contribution in [0.3, 0.4) is 0 Å². The van der Waals surface area contributed by atoms with Gasteiger partial charge in [-0.2, -0.15) is 0 Å². The largest absolute Gasteiger partial charge is 0.573 e. The van der Waals surface area contributed by atoms with Crippen molar-refractivity contribution in [2.75, 3.05) is 11.1 Å². The summed E-state index contributed by atoms with van der Waals surface area (Å²) in [4.78, 5) is 19.6. The van der Waals surface area contributed by atoms with E-state index in [-0.39, 0.29) is 16.6 Å². The first-order chi connectivity index (χ1) is 15.8. The summed E-state index contributed by atoms with van der Waals surface area (Å²) in [7, 11) is 0. The van der Waals surface area contributed by atoms with Crippen molar-refractivity contribution in [1.29, 1.82) is 0 Å². The van der Waals surface area contributed by atoms with E-state index in [2.05, 4.69) is 41.1 Å². The van der Waals surface area contributed by atoms with Crippen molar-refractivity contribution in [1.82, 2.24) is 31.0 Å². The van der Waals surface area contributed by atoms with E-state index in [1.807, 2.05) is 24.3 Å². The maximum Gasteiger partial charge on any atom is 0.573 e. The van der Waals surface area contributed by atoms with Crippen LogP contribution in [0.15, 0.2) is 53.7 Å². The number of thiocarbonyl (C=S) groups is 1. The number of benzene rings is 2. The molecule has 33 heavy (non-hydrogen) atoms. The molecule has 4 N–H and O–H groups in total. The second-order valence-corrected chi connectivity index (χ2v) is 7.80. The number of anilines is 1. The van der Waals surface area contributed by atoms with Gasteiger partial charge in [0.2, 0.25) is 11.1 Å². The Hall–Kier alpha value is -3.65. The fourth-order valence-electron chi connectivity index (χ4n) is 2.76. The Morgan fingerprint density at radius 3 is 2.61 bits per heavy atom. The van der Waals surface area contributed by atoms with E-state index in [1.165, 1.54) is 12.1 Å². The number of ether oxygens (including phenoxy) is 1. The lowest BCUT2D eigenvalue weighted by Gasteiger charge is -2.12. The van der Waals surface area contributed by atoms with Crippen molar-refractivity contribution < 1.29 is 22.7 Å². The van der Waals surface area contributed by atoms with Gasteiger partial charge in [0.05, 0.1) is 5.75 Å². The highest BCUT2D eigenvalue weighted by atomic mass is 32.2. The van der Waals surface area contributed by atoms with E-state index in [1.54, 1.807) is 0 Å². The van der Waals surface area contributed by atoms with Crippen LogP contribution in [0.2, 0.25) is 0 Å². The predicted octanol–water partition coefficient (Wildman–Crippen LogP) is 3.51. The molecule has 0 saturated carbocycles. The summed E-state index contributed by atoms with van der Waals surface area (Å²) < 4.78 is 40.4. The van der Waals surface area contributed by atoms with Crippen LogP contribution in [-0.2, 0) is 4.79 Å². The van der Waals surface area contributed by atoms with Gasteiger partial charge >= 0.3 is 6.36 Å². The molecule has 0 unspecified atom stereocenters. The van der Waals surface area contributed by atoms with E-state index in [4.69, 9.17) is 12.2 Å². The minimum Gasteiger partial charge on any atom is -0.406 e. The topological polar surface area (TPSA) is 117 Å². The van der Waals surface area contributed by atoms with E-state index < -0.39 is 12.3 Å². The molecule has 0 atom stereocenters. The number of alkyl halides is 3. The Morgan fingerprint density at radius 2 is 1.85 bits per heavy atom. The number of aromatic amines is 1. The Kier molecular flexibility index (Phi) is 6.46. The average Bonchev–Trinajstić information content (AvgIpc) is 3.14. The Labute approximate surface area is 193 Å². The van der Waals surface area contributed by atoms with Crippen molar-refractivity contribution in [2.45, 2.75) is 11.5 Å². The van der Waals surface area contributed by atoms with E-state index in [0.29, 0.717) is 22.0 Å². The van der Waals surface area contributed by atoms with Crippen molar-refractivity contribution in [3.05, 3.63) is 48.5 Å². The summed E-state index contributed by atoms with van der Waals surface area (Å²) in [6.07, 6.45) is -4.77. The smallest absolute Gasteiger partial charge is 0.406 e. The first-order valence-electron chi connectivity index (χ1n) is 9.22. The number of nitrogens with one attached hydrogen (secondary N) is 4. The second kappa shape index (κ2) is 9.46. The molecule has 2 heterocycles. The number of fused-ring (bicyclic) bond motifs is 3. The molecular weight excluding hydrogens is 479 g/mol. The van der Waals surface area contributed by atoms with Crippen molar-refractivity contribution in [3.63, 3.8) is 0 Å². The summed E-state index contributed by atoms with van der Waals surface area (Å²) in [5.74, 6) is -0.773. The molecule has 4 rings (SSSR count). The minimum atomic E-state index is -4.77. The summed E-state index contributed by atoms with van der Waals surface area (Å²) in [6.45, 7) is 0. The molecule has 9 nitrogen and oxygen atoms in total. The van der Waals surface area contributed by atoms with Crippen LogP contribution in [0.4, 0.5) is 18.9 Å². The molecule has 0 aliphatic rings. The van der Waals surface area contributed by atoms with E-state index in [9.17, 15) is 18.0 Å². The van der Waals surface area contributed by atoms with Crippen LogP contribution in [0.1, 0.15) is 0 Å². The summed E-state index contributed by atoms with van der Waals surface area (Å²) in [6, 6.07) is 12.6. The number of halogens is 3. The molecule has 0 aliphatic heterocycles. The molecule has 0 saturated heterocycles. The lowest BCUT2D eigenvalue weighted by atomic mass is 10.2. The number of H-pyrrole nitrogens is 1. The van der Waals surface area contributed by atoms with Crippen LogP contribution >= 0.6 is 24.0 Å². The normalized spacial score (nSPS) is 11.4. The average molecular weight is 493 g/mol. The van der Waals surface area contributed by atoms with Gasteiger partial charge in [0, 0.05) is 16.6 Å². The molecule has 14 heteroatoms.